The van der Waals surface area contributed by atoms with Gasteiger partial charge in [-0.2, -0.15) is 0 Å². The lowest BCUT2D eigenvalue weighted by Gasteiger charge is -2.23. The summed E-state index contributed by atoms with van der Waals surface area (Å²) < 4.78 is 10.5. The molecule has 3 heterocycles. The predicted octanol–water partition coefficient (Wildman–Crippen LogP) is 6.91. The summed E-state index contributed by atoms with van der Waals surface area (Å²) in [5.74, 6) is 2.51. The Balaban J connectivity index is 1.21. The van der Waals surface area contributed by atoms with Crippen LogP contribution in [-0.4, -0.2) is 50.7 Å². The summed E-state index contributed by atoms with van der Waals surface area (Å²) in [6.07, 6.45) is 6.78. The fourth-order valence-electron chi connectivity index (χ4n) is 7.66. The maximum absolute atomic E-state index is 13.8. The van der Waals surface area contributed by atoms with Gasteiger partial charge in [-0.3, -0.25) is 4.79 Å². The SMILES string of the molecule is CC[C@@H]1CN(C(=O)c2cc(OC)c3c(c2)nc(-c2cc4ccc(C5=Cc6ccccc6C5)cc4n2CC2CC2)n3C)[C@H](C)[C@H]1N. The van der Waals surface area contributed by atoms with Crippen molar-refractivity contribution in [3.63, 3.8) is 0 Å². The Labute approximate surface area is 264 Å². The highest BCUT2D eigenvalue weighted by Crippen LogP contribution is 2.40. The second-order valence-electron chi connectivity index (χ2n) is 13.4. The van der Waals surface area contributed by atoms with E-state index in [4.69, 9.17) is 15.5 Å². The molecule has 2 fully saturated rings. The minimum Gasteiger partial charge on any atom is -0.494 e. The molecule has 45 heavy (non-hydrogen) atoms. The number of likely N-dealkylation sites (tertiary alicyclic amines) is 1. The number of ether oxygens (including phenoxy) is 1. The van der Waals surface area contributed by atoms with Crippen molar-refractivity contribution < 1.29 is 9.53 Å². The van der Waals surface area contributed by atoms with Crippen molar-refractivity contribution in [2.45, 2.75) is 58.2 Å². The van der Waals surface area contributed by atoms with Crippen molar-refractivity contribution in [3.8, 4) is 17.3 Å². The molecule has 2 N–H and O–H groups in total. The first-order valence-electron chi connectivity index (χ1n) is 16.4. The molecule has 230 valence electrons. The molecule has 8 rings (SSSR count). The molecule has 5 aromatic rings. The van der Waals surface area contributed by atoms with Crippen molar-refractivity contribution in [2.24, 2.45) is 24.6 Å². The fourth-order valence-corrected chi connectivity index (χ4v) is 7.66. The van der Waals surface area contributed by atoms with Gasteiger partial charge in [-0.1, -0.05) is 55.8 Å². The summed E-state index contributed by atoms with van der Waals surface area (Å²) in [6, 6.07) is 21.6. The van der Waals surface area contributed by atoms with E-state index < -0.39 is 0 Å². The van der Waals surface area contributed by atoms with Crippen molar-refractivity contribution in [3.05, 3.63) is 82.9 Å². The number of hydrogen-bond acceptors (Lipinski definition) is 4. The molecule has 0 unspecified atom stereocenters. The summed E-state index contributed by atoms with van der Waals surface area (Å²) in [5.41, 5.74) is 16.4. The zero-order valence-corrected chi connectivity index (χ0v) is 26.6. The van der Waals surface area contributed by atoms with Crippen LogP contribution in [0, 0.1) is 11.8 Å². The summed E-state index contributed by atoms with van der Waals surface area (Å²) in [6.45, 7) is 5.85. The van der Waals surface area contributed by atoms with E-state index in [0.29, 0.717) is 29.7 Å². The Bertz CT molecular complexity index is 2010. The molecule has 0 radical (unpaired) electrons. The molecule has 2 aliphatic carbocycles. The van der Waals surface area contributed by atoms with Crippen molar-refractivity contribution >= 4 is 39.5 Å². The summed E-state index contributed by atoms with van der Waals surface area (Å²) in [7, 11) is 3.71. The first-order chi connectivity index (χ1) is 21.8. The van der Waals surface area contributed by atoms with Gasteiger partial charge in [0.2, 0.25) is 0 Å². The van der Waals surface area contributed by atoms with Gasteiger partial charge in [0.15, 0.2) is 5.82 Å². The lowest BCUT2D eigenvalue weighted by Crippen LogP contribution is -2.41. The molecule has 3 atom stereocenters. The predicted molar refractivity (Wildman–Crippen MR) is 181 cm³/mol. The molecule has 7 nitrogen and oxygen atoms in total. The highest BCUT2D eigenvalue weighted by Gasteiger charge is 2.39. The molecule has 0 spiro atoms. The number of nitrogens with two attached hydrogens (primary N) is 1. The first-order valence-corrected chi connectivity index (χ1v) is 16.4. The first kappa shape index (κ1) is 28.1. The Morgan fingerprint density at radius 2 is 1.91 bits per heavy atom. The van der Waals surface area contributed by atoms with E-state index in [-0.39, 0.29) is 18.0 Å². The Morgan fingerprint density at radius 1 is 1.09 bits per heavy atom. The molecule has 1 aliphatic heterocycles. The van der Waals surface area contributed by atoms with Crippen LogP contribution in [-0.2, 0) is 20.0 Å². The molecular weight excluding hydrogens is 558 g/mol. The zero-order valence-electron chi connectivity index (χ0n) is 26.6. The third kappa shape index (κ3) is 4.59. The number of allylic oxidation sites excluding steroid dienone is 1. The average Bonchev–Trinajstić information content (AvgIpc) is 3.37. The average molecular weight is 600 g/mol. The third-order valence-electron chi connectivity index (χ3n) is 10.6. The van der Waals surface area contributed by atoms with Crippen molar-refractivity contribution in [1.29, 1.82) is 0 Å². The number of hydrogen-bond donors (Lipinski definition) is 1. The molecule has 2 aromatic heterocycles. The number of amides is 1. The van der Waals surface area contributed by atoms with Crippen LogP contribution in [0.1, 0.15) is 60.2 Å². The van der Waals surface area contributed by atoms with E-state index >= 15 is 0 Å². The van der Waals surface area contributed by atoms with E-state index in [1.165, 1.54) is 46.0 Å². The van der Waals surface area contributed by atoms with Crippen molar-refractivity contribution in [2.75, 3.05) is 13.7 Å². The summed E-state index contributed by atoms with van der Waals surface area (Å²) in [4.78, 5) is 20.9. The second kappa shape index (κ2) is 10.6. The Hall–Kier alpha value is -4.36. The van der Waals surface area contributed by atoms with Gasteiger partial charge in [-0.05, 0) is 84.6 Å². The molecule has 1 saturated carbocycles. The number of benzene rings is 3. The number of carbonyl (C=O) groups is 1. The quantitative estimate of drug-likeness (QED) is 0.221. The Kier molecular flexibility index (Phi) is 6.64. The Morgan fingerprint density at radius 3 is 2.64 bits per heavy atom. The molecule has 7 heteroatoms. The van der Waals surface area contributed by atoms with E-state index in [1.54, 1.807) is 7.11 Å². The lowest BCUT2D eigenvalue weighted by molar-refractivity contribution is 0.0739. The minimum atomic E-state index is -0.0138. The monoisotopic (exact) mass is 599 g/mol. The number of fused-ring (bicyclic) bond motifs is 3. The summed E-state index contributed by atoms with van der Waals surface area (Å²) in [5, 5.41) is 1.21. The van der Waals surface area contributed by atoms with Crippen LogP contribution in [0.4, 0.5) is 0 Å². The third-order valence-corrected chi connectivity index (χ3v) is 10.6. The lowest BCUT2D eigenvalue weighted by atomic mass is 9.98. The van der Waals surface area contributed by atoms with E-state index in [9.17, 15) is 4.79 Å². The van der Waals surface area contributed by atoms with Gasteiger partial charge < -0.3 is 24.5 Å². The molecule has 1 saturated heterocycles. The number of aromatic nitrogens is 3. The highest BCUT2D eigenvalue weighted by molar-refractivity contribution is 6.01. The van der Waals surface area contributed by atoms with Crippen LogP contribution in [0.5, 0.6) is 5.75 Å². The number of rotatable bonds is 7. The number of methoxy groups -OCH3 is 1. The van der Waals surface area contributed by atoms with Gasteiger partial charge in [0.05, 0.1) is 18.3 Å². The van der Waals surface area contributed by atoms with Crippen LogP contribution >= 0.6 is 0 Å². The van der Waals surface area contributed by atoms with Gasteiger partial charge in [0.1, 0.15) is 11.3 Å². The molecule has 1 amide bonds. The maximum atomic E-state index is 13.8. The van der Waals surface area contributed by atoms with Crippen molar-refractivity contribution in [1.82, 2.24) is 19.0 Å². The largest absolute Gasteiger partial charge is 0.494 e. The highest BCUT2D eigenvalue weighted by atomic mass is 16.5. The smallest absolute Gasteiger partial charge is 0.254 e. The summed E-state index contributed by atoms with van der Waals surface area (Å²) >= 11 is 0. The normalized spacial score (nSPS) is 21.1. The van der Waals surface area contributed by atoms with E-state index in [0.717, 1.165) is 41.9 Å². The van der Waals surface area contributed by atoms with E-state index in [2.05, 4.69) is 77.6 Å². The van der Waals surface area contributed by atoms with Gasteiger partial charge in [-0.25, -0.2) is 4.98 Å². The van der Waals surface area contributed by atoms with Gasteiger partial charge in [0.25, 0.3) is 5.91 Å². The number of carbonyl (C=O) groups excluding carboxylic acids is 1. The fraction of sp³-hybridized carbons (Fsp3) is 0.368. The van der Waals surface area contributed by atoms with Gasteiger partial charge >= 0.3 is 0 Å². The van der Waals surface area contributed by atoms with E-state index in [1.807, 2.05) is 24.1 Å². The van der Waals surface area contributed by atoms with Crippen LogP contribution in [0.3, 0.4) is 0 Å². The number of imidazole rings is 1. The van der Waals surface area contributed by atoms with Crippen LogP contribution in [0.2, 0.25) is 0 Å². The molecule has 3 aromatic carbocycles. The molecule has 3 aliphatic rings. The standard InChI is InChI=1S/C38H41N5O2/c1-5-24-21-42(22(2)35(24)39)38(44)30-16-31-36(34(19-30)45-4)41(3)37(40-31)33-18-28-13-12-27(17-32(28)43(33)20-23-10-11-23)29-14-25-8-6-7-9-26(25)15-29/h6-9,12-14,16-19,22-24,35H,5,10-11,15,20-21,39H2,1-4H3/t22-,24-,35-/m1/s1. The van der Waals surface area contributed by atoms with Crippen LogP contribution < -0.4 is 10.5 Å². The minimum absolute atomic E-state index is 0.0133. The van der Waals surface area contributed by atoms with Gasteiger partial charge in [0, 0.05) is 48.7 Å². The number of nitrogens with zero attached hydrogens (tertiary/aromatic N) is 4. The molecule has 0 bridgehead atoms. The molecular formula is C38H41N5O2. The second-order valence-corrected chi connectivity index (χ2v) is 13.4. The maximum Gasteiger partial charge on any atom is 0.254 e. The van der Waals surface area contributed by atoms with Gasteiger partial charge in [-0.15, -0.1) is 0 Å². The van der Waals surface area contributed by atoms with Crippen LogP contribution in [0.25, 0.3) is 45.1 Å². The topological polar surface area (TPSA) is 78.3 Å². The van der Waals surface area contributed by atoms with Crippen LogP contribution in [0.15, 0.2) is 60.7 Å². The number of aryl methyl sites for hydroxylation is 1. The zero-order chi connectivity index (χ0) is 31.0.